The number of aryl methyl sites for hydroxylation is 2. The highest BCUT2D eigenvalue weighted by Crippen LogP contribution is 2.37. The second kappa shape index (κ2) is 7.29. The summed E-state index contributed by atoms with van der Waals surface area (Å²) in [5, 5.41) is 3.27. The third-order valence-corrected chi connectivity index (χ3v) is 7.08. The van der Waals surface area contributed by atoms with Crippen molar-refractivity contribution in [3.63, 3.8) is 0 Å². The summed E-state index contributed by atoms with van der Waals surface area (Å²) >= 11 is 0. The Morgan fingerprint density at radius 3 is 2.61 bits per heavy atom. The smallest absolute Gasteiger partial charge is 0.276 e. The molecule has 1 saturated carbocycles. The van der Waals surface area contributed by atoms with E-state index in [1.165, 1.54) is 6.42 Å². The molecule has 162 valence electrons. The van der Waals surface area contributed by atoms with Crippen LogP contribution < -0.4 is 10.2 Å². The van der Waals surface area contributed by atoms with E-state index in [4.69, 9.17) is 4.42 Å². The first-order valence-corrected chi connectivity index (χ1v) is 11.2. The van der Waals surface area contributed by atoms with Gasteiger partial charge in [0.1, 0.15) is 11.2 Å². The van der Waals surface area contributed by atoms with Gasteiger partial charge in [-0.15, -0.1) is 0 Å². The molecule has 2 aromatic heterocycles. The highest BCUT2D eigenvalue weighted by atomic mass is 16.3. The molecule has 0 bridgehead atoms. The number of anilines is 1. The molecule has 5 rings (SSSR count). The van der Waals surface area contributed by atoms with Gasteiger partial charge in [-0.05, 0) is 56.9 Å². The second-order valence-electron chi connectivity index (χ2n) is 9.28. The lowest BCUT2D eigenvalue weighted by Crippen LogP contribution is -2.65. The first kappa shape index (κ1) is 19.9. The molecule has 0 radical (unpaired) electrons. The van der Waals surface area contributed by atoms with Crippen LogP contribution in [0.4, 0.5) is 5.69 Å². The minimum Gasteiger partial charge on any atom is -0.463 e. The number of carbonyl (C=O) groups excluding carboxylic acids is 2. The molecule has 1 unspecified atom stereocenters. The van der Waals surface area contributed by atoms with E-state index in [-0.39, 0.29) is 17.9 Å². The van der Waals surface area contributed by atoms with Crippen molar-refractivity contribution in [3.05, 3.63) is 53.4 Å². The molecule has 3 heterocycles. The summed E-state index contributed by atoms with van der Waals surface area (Å²) in [4.78, 5) is 29.2. The third kappa shape index (κ3) is 3.16. The fourth-order valence-corrected chi connectivity index (χ4v) is 5.07. The molecule has 1 aliphatic heterocycles. The van der Waals surface area contributed by atoms with Gasteiger partial charge in [-0.1, -0.05) is 25.3 Å². The number of nitrogens with zero attached hydrogens (tertiary/aromatic N) is 2. The zero-order valence-electron chi connectivity index (χ0n) is 18.4. The first-order valence-electron chi connectivity index (χ1n) is 11.2. The molecule has 1 aromatic carbocycles. The van der Waals surface area contributed by atoms with Crippen LogP contribution in [0.1, 0.15) is 60.6 Å². The number of carbonyl (C=O) groups is 2. The molecule has 6 nitrogen and oxygen atoms in total. The van der Waals surface area contributed by atoms with Gasteiger partial charge in [0.2, 0.25) is 5.91 Å². The average molecular weight is 420 g/mol. The van der Waals surface area contributed by atoms with Crippen molar-refractivity contribution in [2.75, 3.05) is 4.90 Å². The molecule has 0 saturated heterocycles. The highest BCUT2D eigenvalue weighted by molar-refractivity contribution is 6.13. The summed E-state index contributed by atoms with van der Waals surface area (Å²) < 4.78 is 7.48. The van der Waals surface area contributed by atoms with Crippen LogP contribution in [-0.2, 0) is 11.3 Å². The maximum Gasteiger partial charge on any atom is 0.276 e. The molecule has 6 heteroatoms. The average Bonchev–Trinajstić information content (AvgIpc) is 3.34. The standard InChI is InChI=1S/C25H29N3O3/c1-16-9-10-19(13-17(16)2)28-23(29)21-14-22-20(11-12-31-22)27(21)15-25(28,3)24(30)26-18-7-5-4-6-8-18/h9-14,18H,4-8,15H2,1-3H3,(H,26,30). The molecule has 3 aromatic rings. The van der Waals surface area contributed by atoms with Crippen LogP contribution >= 0.6 is 0 Å². The normalized spacial score (nSPS) is 22.0. The van der Waals surface area contributed by atoms with Crippen molar-refractivity contribution in [1.82, 2.24) is 9.88 Å². The summed E-state index contributed by atoms with van der Waals surface area (Å²) in [6.07, 6.45) is 7.12. The Labute approximate surface area is 182 Å². The van der Waals surface area contributed by atoms with Gasteiger partial charge in [0.05, 0.1) is 18.3 Å². The fraction of sp³-hybridized carbons (Fsp3) is 0.440. The van der Waals surface area contributed by atoms with E-state index in [1.807, 2.05) is 49.6 Å². The number of furan rings is 1. The highest BCUT2D eigenvalue weighted by Gasteiger charge is 2.49. The molecule has 2 amide bonds. The monoisotopic (exact) mass is 419 g/mol. The Morgan fingerprint density at radius 1 is 1.10 bits per heavy atom. The quantitative estimate of drug-likeness (QED) is 0.668. The van der Waals surface area contributed by atoms with Crippen LogP contribution in [0.25, 0.3) is 11.1 Å². The summed E-state index contributed by atoms with van der Waals surface area (Å²) in [5.41, 5.74) is 4.01. The van der Waals surface area contributed by atoms with E-state index in [0.717, 1.165) is 48.0 Å². The molecule has 1 fully saturated rings. The van der Waals surface area contributed by atoms with Gasteiger partial charge in [0, 0.05) is 23.9 Å². The Hall–Kier alpha value is -3.02. The lowest BCUT2D eigenvalue weighted by molar-refractivity contribution is -0.127. The SMILES string of the molecule is Cc1ccc(N2C(=O)c3cc4occc4n3CC2(C)C(=O)NC2CCCCC2)cc1C. The molecule has 1 atom stereocenters. The number of benzene rings is 1. The minimum absolute atomic E-state index is 0.0954. The molecule has 31 heavy (non-hydrogen) atoms. The fourth-order valence-electron chi connectivity index (χ4n) is 5.07. The van der Waals surface area contributed by atoms with Gasteiger partial charge in [-0.2, -0.15) is 0 Å². The molecule has 0 spiro atoms. The predicted octanol–water partition coefficient (Wildman–Crippen LogP) is 4.72. The predicted molar refractivity (Wildman–Crippen MR) is 120 cm³/mol. The molecule has 1 N–H and O–H groups in total. The van der Waals surface area contributed by atoms with E-state index in [9.17, 15) is 9.59 Å². The molecular weight excluding hydrogens is 390 g/mol. The van der Waals surface area contributed by atoms with Gasteiger partial charge in [-0.3, -0.25) is 14.5 Å². The van der Waals surface area contributed by atoms with E-state index in [2.05, 4.69) is 5.32 Å². The molecule has 1 aliphatic carbocycles. The topological polar surface area (TPSA) is 67.5 Å². The minimum atomic E-state index is -1.05. The van der Waals surface area contributed by atoms with Crippen LogP contribution in [0.5, 0.6) is 0 Å². The van der Waals surface area contributed by atoms with E-state index < -0.39 is 5.54 Å². The number of nitrogens with one attached hydrogen (secondary N) is 1. The van der Waals surface area contributed by atoms with Gasteiger partial charge in [-0.25, -0.2) is 0 Å². The summed E-state index contributed by atoms with van der Waals surface area (Å²) in [5.74, 6) is -0.274. The van der Waals surface area contributed by atoms with Crippen molar-refractivity contribution >= 4 is 28.6 Å². The van der Waals surface area contributed by atoms with E-state index >= 15 is 0 Å². The zero-order valence-corrected chi connectivity index (χ0v) is 18.4. The van der Waals surface area contributed by atoms with E-state index in [0.29, 0.717) is 17.8 Å². The molecule has 2 aliphatic rings. The third-order valence-electron chi connectivity index (χ3n) is 7.08. The summed E-state index contributed by atoms with van der Waals surface area (Å²) in [6.45, 7) is 6.34. The Kier molecular flexibility index (Phi) is 4.68. The number of hydrogen-bond acceptors (Lipinski definition) is 3. The van der Waals surface area contributed by atoms with Gasteiger partial charge in [0.15, 0.2) is 5.58 Å². The van der Waals surface area contributed by atoms with Gasteiger partial charge < -0.3 is 14.3 Å². The van der Waals surface area contributed by atoms with Crippen LogP contribution in [-0.4, -0.2) is 28.0 Å². The Balaban J connectivity index is 1.61. The zero-order chi connectivity index (χ0) is 21.8. The van der Waals surface area contributed by atoms with E-state index in [1.54, 1.807) is 17.2 Å². The van der Waals surface area contributed by atoms with Crippen molar-refractivity contribution in [3.8, 4) is 0 Å². The van der Waals surface area contributed by atoms with Crippen molar-refractivity contribution < 1.29 is 14.0 Å². The number of rotatable bonds is 3. The van der Waals surface area contributed by atoms with Crippen molar-refractivity contribution in [2.45, 2.75) is 71.0 Å². The summed E-state index contributed by atoms with van der Waals surface area (Å²) in [6, 6.07) is 9.77. The summed E-state index contributed by atoms with van der Waals surface area (Å²) in [7, 11) is 0. The Bertz CT molecular complexity index is 1170. The van der Waals surface area contributed by atoms with Crippen LogP contribution in [0.3, 0.4) is 0 Å². The van der Waals surface area contributed by atoms with Crippen LogP contribution in [0.2, 0.25) is 0 Å². The Morgan fingerprint density at radius 2 is 1.87 bits per heavy atom. The number of aromatic nitrogens is 1. The van der Waals surface area contributed by atoms with Crippen LogP contribution in [0, 0.1) is 13.8 Å². The van der Waals surface area contributed by atoms with Gasteiger partial charge in [0.25, 0.3) is 5.91 Å². The number of fused-ring (bicyclic) bond motifs is 3. The second-order valence-corrected chi connectivity index (χ2v) is 9.28. The molecular formula is C25H29N3O3. The largest absolute Gasteiger partial charge is 0.463 e. The van der Waals surface area contributed by atoms with Crippen LogP contribution in [0.15, 0.2) is 41.0 Å². The van der Waals surface area contributed by atoms with Gasteiger partial charge >= 0.3 is 0 Å². The number of hydrogen-bond donors (Lipinski definition) is 1. The lowest BCUT2D eigenvalue weighted by Gasteiger charge is -2.44. The van der Waals surface area contributed by atoms with Crippen molar-refractivity contribution in [2.24, 2.45) is 0 Å². The first-order chi connectivity index (χ1) is 14.9. The maximum absolute atomic E-state index is 13.8. The lowest BCUT2D eigenvalue weighted by atomic mass is 9.90. The maximum atomic E-state index is 13.8. The van der Waals surface area contributed by atoms with Crippen molar-refractivity contribution in [1.29, 1.82) is 0 Å². The number of amides is 2.